The predicted molar refractivity (Wildman–Crippen MR) is 93.1 cm³/mol. The summed E-state index contributed by atoms with van der Waals surface area (Å²) in [7, 11) is 1.66. The van der Waals surface area contributed by atoms with E-state index < -0.39 is 50.7 Å². The zero-order chi connectivity index (χ0) is 19.8. The van der Waals surface area contributed by atoms with Crippen LogP contribution in [0.2, 0.25) is 0 Å². The van der Waals surface area contributed by atoms with Crippen LogP contribution >= 0.6 is 0 Å². The number of aromatic nitrogens is 2. The quantitative estimate of drug-likeness (QED) is 0.198. The summed E-state index contributed by atoms with van der Waals surface area (Å²) in [6, 6.07) is 0. The first-order valence-electron chi connectivity index (χ1n) is 8.28. The Morgan fingerprint density at radius 1 is 0.962 bits per heavy atom. The summed E-state index contributed by atoms with van der Waals surface area (Å²) in [4.78, 5) is 10.4. The Kier molecular flexibility index (Phi) is 8.93. The molecule has 0 radical (unpaired) electrons. The van der Waals surface area contributed by atoms with Crippen LogP contribution in [0.1, 0.15) is 17.1 Å². The van der Waals surface area contributed by atoms with Gasteiger partial charge in [-0.2, -0.15) is 0 Å². The minimum absolute atomic E-state index is 0.199. The van der Waals surface area contributed by atoms with E-state index in [0.717, 1.165) is 0 Å². The molecule has 0 aliphatic heterocycles. The Bertz CT molecular complexity index is 535. The number of hydrogen-bond donors (Lipinski definition) is 7. The molecule has 1 heterocycles. The second-order valence-electron chi connectivity index (χ2n) is 6.56. The van der Waals surface area contributed by atoms with Gasteiger partial charge >= 0.3 is 0 Å². The van der Waals surface area contributed by atoms with Gasteiger partial charge < -0.3 is 30.6 Å². The van der Waals surface area contributed by atoms with Gasteiger partial charge in [0, 0.05) is 13.1 Å². The number of aryl methyl sites for hydroxylation is 1. The van der Waals surface area contributed by atoms with Gasteiger partial charge in [0.15, 0.2) is 0 Å². The van der Waals surface area contributed by atoms with E-state index in [4.69, 9.17) is 0 Å². The van der Waals surface area contributed by atoms with Crippen molar-refractivity contribution in [1.82, 2.24) is 20.2 Å². The van der Waals surface area contributed by atoms with Crippen LogP contribution in [0.5, 0.6) is 0 Å². The molecule has 150 valence electrons. The summed E-state index contributed by atoms with van der Waals surface area (Å²) in [6.07, 6.45) is 1.54. The number of likely N-dealkylation sites (N-methyl/N-ethyl adjacent to an activating group) is 1. The zero-order valence-electron chi connectivity index (χ0n) is 15.3. The van der Waals surface area contributed by atoms with Crippen molar-refractivity contribution in [2.45, 2.75) is 31.1 Å². The van der Waals surface area contributed by atoms with Gasteiger partial charge in [0.1, 0.15) is 0 Å². The van der Waals surface area contributed by atoms with E-state index in [1.165, 1.54) is 6.20 Å². The van der Waals surface area contributed by atoms with Crippen LogP contribution in [-0.2, 0) is 13.1 Å². The molecule has 0 spiro atoms. The fourth-order valence-electron chi connectivity index (χ4n) is 2.32. The molecule has 0 aliphatic carbocycles. The van der Waals surface area contributed by atoms with E-state index in [2.05, 4.69) is 15.3 Å². The fourth-order valence-corrected chi connectivity index (χ4v) is 2.32. The fraction of sp³-hybridized carbons (Fsp3) is 0.750. The smallest absolute Gasteiger partial charge is 0.0907 e. The molecule has 7 N–H and O–H groups in total. The Hall–Kier alpha value is -1.24. The van der Waals surface area contributed by atoms with Crippen LogP contribution in [0, 0.1) is 6.92 Å². The first kappa shape index (κ1) is 22.8. The number of nitrogens with zero attached hydrogens (tertiary/aromatic N) is 3. The largest absolute Gasteiger partial charge is 0.394 e. The van der Waals surface area contributed by atoms with E-state index in [-0.39, 0.29) is 13.1 Å². The van der Waals surface area contributed by atoms with E-state index in [9.17, 15) is 30.6 Å². The highest BCUT2D eigenvalue weighted by molar-refractivity contribution is 5.13. The first-order valence-corrected chi connectivity index (χ1v) is 8.28. The number of nitrogens with one attached hydrogen (secondary N) is 1. The first-order chi connectivity index (χ1) is 12.4. The van der Waals surface area contributed by atoms with Crippen LogP contribution in [0.4, 0.5) is 0 Å². The zero-order valence-corrected chi connectivity index (χ0v) is 15.3. The van der Waals surface area contributed by atoms with Crippen molar-refractivity contribution < 1.29 is 30.6 Å². The maximum Gasteiger partial charge on any atom is 0.0907 e. The van der Waals surface area contributed by atoms with Crippen LogP contribution < -0.4 is 5.32 Å². The van der Waals surface area contributed by atoms with E-state index in [0.29, 0.717) is 17.1 Å². The summed E-state index contributed by atoms with van der Waals surface area (Å²) in [5, 5.41) is 59.3. The van der Waals surface area contributed by atoms with Gasteiger partial charge in [0.25, 0.3) is 0 Å². The van der Waals surface area contributed by atoms with Crippen molar-refractivity contribution in [2.24, 2.45) is 0 Å². The molecule has 0 unspecified atom stereocenters. The molecule has 1 aromatic rings. The van der Waals surface area contributed by atoms with E-state index >= 15 is 0 Å². The van der Waals surface area contributed by atoms with Crippen molar-refractivity contribution in [3.63, 3.8) is 0 Å². The monoisotopic (exact) mass is 374 g/mol. The lowest BCUT2D eigenvalue weighted by molar-refractivity contribution is -0.0392. The molecule has 0 aromatic carbocycles. The third-order valence-corrected chi connectivity index (χ3v) is 4.73. The highest BCUT2D eigenvalue weighted by atomic mass is 16.3. The Morgan fingerprint density at radius 3 is 1.92 bits per heavy atom. The van der Waals surface area contributed by atoms with Gasteiger partial charge in [0.05, 0.1) is 74.0 Å². The van der Waals surface area contributed by atoms with E-state index in [1.54, 1.807) is 18.9 Å². The number of hydrogen-bond acceptors (Lipinski definition) is 10. The number of aliphatic hydroxyl groups excluding tert-OH is 6. The molecule has 1 rings (SSSR count). The molecule has 0 amide bonds. The summed E-state index contributed by atoms with van der Waals surface area (Å²) >= 11 is 0. The highest BCUT2D eigenvalue weighted by Crippen LogP contribution is 2.15. The van der Waals surface area contributed by atoms with Gasteiger partial charge in [-0.25, -0.2) is 0 Å². The molecule has 10 nitrogen and oxygen atoms in total. The third-order valence-electron chi connectivity index (χ3n) is 4.73. The van der Waals surface area contributed by atoms with Gasteiger partial charge in [-0.1, -0.05) is 0 Å². The Labute approximate surface area is 152 Å². The van der Waals surface area contributed by atoms with Crippen LogP contribution in [0.15, 0.2) is 6.20 Å². The van der Waals surface area contributed by atoms with Crippen molar-refractivity contribution in [3.05, 3.63) is 23.3 Å². The SMILES string of the molecule is Cc1nc(CN(C)C(CO)(CO)CO)cnc1CNC(CO)(CO)CO. The maximum atomic E-state index is 9.47. The predicted octanol–water partition coefficient (Wildman–Crippen LogP) is -3.26. The lowest BCUT2D eigenvalue weighted by atomic mass is 10.0. The minimum Gasteiger partial charge on any atom is -0.394 e. The van der Waals surface area contributed by atoms with Crippen molar-refractivity contribution >= 4 is 0 Å². The maximum absolute atomic E-state index is 9.47. The summed E-state index contributed by atoms with van der Waals surface area (Å²) in [5.41, 5.74) is -0.553. The summed E-state index contributed by atoms with van der Waals surface area (Å²) < 4.78 is 0. The van der Waals surface area contributed by atoms with Crippen molar-refractivity contribution in [3.8, 4) is 0 Å². The van der Waals surface area contributed by atoms with E-state index in [1.807, 2.05) is 0 Å². The van der Waals surface area contributed by atoms with Gasteiger partial charge in [0.2, 0.25) is 0 Å². The Balaban J connectivity index is 2.84. The standard InChI is InChI=1S/C16H30N4O6/c1-12-14(4-18-15(6-21,7-22)8-23)17-3-13(19-12)5-20(2)16(9-24,10-25)11-26/h3,18,21-26H,4-11H2,1-2H3. The molecule has 0 saturated heterocycles. The second kappa shape index (κ2) is 10.2. The number of aliphatic hydroxyl groups is 6. The van der Waals surface area contributed by atoms with Gasteiger partial charge in [-0.3, -0.25) is 20.2 Å². The average Bonchev–Trinajstić information content (AvgIpc) is 2.66. The molecular weight excluding hydrogens is 344 g/mol. The molecule has 10 heteroatoms. The second-order valence-corrected chi connectivity index (χ2v) is 6.56. The molecular formula is C16H30N4O6. The van der Waals surface area contributed by atoms with Gasteiger partial charge in [-0.15, -0.1) is 0 Å². The van der Waals surface area contributed by atoms with Crippen LogP contribution in [0.3, 0.4) is 0 Å². The van der Waals surface area contributed by atoms with Gasteiger partial charge in [-0.05, 0) is 14.0 Å². The molecule has 1 aromatic heterocycles. The summed E-state index contributed by atoms with van der Waals surface area (Å²) in [5.74, 6) is 0. The molecule has 0 aliphatic rings. The van der Waals surface area contributed by atoms with Crippen molar-refractivity contribution in [1.29, 1.82) is 0 Å². The lowest BCUT2D eigenvalue weighted by Crippen LogP contribution is -2.55. The van der Waals surface area contributed by atoms with Crippen LogP contribution in [-0.4, -0.2) is 103 Å². The summed E-state index contributed by atoms with van der Waals surface area (Å²) in [6.45, 7) is -0.294. The molecule has 26 heavy (non-hydrogen) atoms. The lowest BCUT2D eigenvalue weighted by Gasteiger charge is -2.37. The molecule has 0 bridgehead atoms. The molecule has 0 atom stereocenters. The third kappa shape index (κ3) is 5.15. The topological polar surface area (TPSA) is 162 Å². The minimum atomic E-state index is -1.20. The Morgan fingerprint density at radius 2 is 1.50 bits per heavy atom. The molecule has 0 fully saturated rings. The van der Waals surface area contributed by atoms with Crippen LogP contribution in [0.25, 0.3) is 0 Å². The molecule has 0 saturated carbocycles. The number of rotatable bonds is 12. The average molecular weight is 374 g/mol. The van der Waals surface area contributed by atoms with Crippen molar-refractivity contribution in [2.75, 3.05) is 46.7 Å². The highest BCUT2D eigenvalue weighted by Gasteiger charge is 2.33. The normalized spacial score (nSPS) is 12.8.